The number of hydrogen-bond donors (Lipinski definition) is 1. The summed E-state index contributed by atoms with van der Waals surface area (Å²) in [6.07, 6.45) is 4.47. The third-order valence-electron chi connectivity index (χ3n) is 3.69. The van der Waals surface area contributed by atoms with E-state index >= 15 is 0 Å². The maximum atomic E-state index is 12.1. The number of amides is 1. The first kappa shape index (κ1) is 13.8. The summed E-state index contributed by atoms with van der Waals surface area (Å²) in [6, 6.07) is 5.84. The molecular formula is C16H22N2O. The van der Waals surface area contributed by atoms with Crippen molar-refractivity contribution in [1.82, 2.24) is 5.43 Å². The van der Waals surface area contributed by atoms with E-state index in [1.165, 1.54) is 18.4 Å². The Kier molecular flexibility index (Phi) is 4.35. The Labute approximate surface area is 115 Å². The Bertz CT molecular complexity index is 505. The van der Waals surface area contributed by atoms with E-state index in [9.17, 15) is 4.79 Å². The van der Waals surface area contributed by atoms with Crippen molar-refractivity contribution >= 4 is 11.6 Å². The van der Waals surface area contributed by atoms with Gasteiger partial charge in [0, 0.05) is 11.3 Å². The second-order valence-electron chi connectivity index (χ2n) is 5.64. The highest BCUT2D eigenvalue weighted by Crippen LogP contribution is 2.21. The Morgan fingerprint density at radius 1 is 1.37 bits per heavy atom. The SMILES string of the molecule is Cc1ccc(C(=O)N/N=C2\CCCC(C)C2)c(C)c1. The Morgan fingerprint density at radius 2 is 2.16 bits per heavy atom. The number of carbonyl (C=O) groups is 1. The molecular weight excluding hydrogens is 236 g/mol. The van der Waals surface area contributed by atoms with Crippen molar-refractivity contribution in [2.45, 2.75) is 46.5 Å². The number of nitrogens with zero attached hydrogens (tertiary/aromatic N) is 1. The standard InChI is InChI=1S/C16H22N2O/c1-11-5-4-6-14(10-11)17-18-16(19)15-8-7-12(2)9-13(15)3/h7-9,11H,4-6,10H2,1-3H3,(H,18,19)/b17-14+. The molecule has 1 aromatic rings. The van der Waals surface area contributed by atoms with E-state index in [2.05, 4.69) is 17.5 Å². The van der Waals surface area contributed by atoms with Crippen molar-refractivity contribution in [1.29, 1.82) is 0 Å². The van der Waals surface area contributed by atoms with Gasteiger partial charge >= 0.3 is 0 Å². The molecule has 2 rings (SSSR count). The zero-order chi connectivity index (χ0) is 13.8. The van der Waals surface area contributed by atoms with Crippen LogP contribution < -0.4 is 5.43 Å². The minimum atomic E-state index is -0.108. The second kappa shape index (κ2) is 6.00. The lowest BCUT2D eigenvalue weighted by Gasteiger charge is -2.19. The molecule has 0 radical (unpaired) electrons. The molecule has 102 valence electrons. The molecule has 1 aliphatic rings. The Morgan fingerprint density at radius 3 is 2.84 bits per heavy atom. The summed E-state index contributed by atoms with van der Waals surface area (Å²) in [5, 5.41) is 4.29. The van der Waals surface area contributed by atoms with Crippen molar-refractivity contribution in [2.75, 3.05) is 0 Å². The van der Waals surface area contributed by atoms with E-state index in [4.69, 9.17) is 0 Å². The van der Waals surface area contributed by atoms with Crippen LogP contribution in [0.25, 0.3) is 0 Å². The maximum absolute atomic E-state index is 12.1. The van der Waals surface area contributed by atoms with Crippen LogP contribution in [0.3, 0.4) is 0 Å². The first-order chi connectivity index (χ1) is 9.06. The Hall–Kier alpha value is -1.64. The van der Waals surface area contributed by atoms with E-state index in [0.717, 1.165) is 24.1 Å². The first-order valence-electron chi connectivity index (χ1n) is 6.99. The average Bonchev–Trinajstić information content (AvgIpc) is 2.36. The predicted octanol–water partition coefficient (Wildman–Crippen LogP) is 3.60. The van der Waals surface area contributed by atoms with Crippen LogP contribution >= 0.6 is 0 Å². The van der Waals surface area contributed by atoms with Crippen LogP contribution in [0.1, 0.15) is 54.1 Å². The molecule has 1 aliphatic carbocycles. The number of hydrogen-bond acceptors (Lipinski definition) is 2. The summed E-state index contributed by atoms with van der Waals surface area (Å²) in [5.41, 5.74) is 6.69. The highest BCUT2D eigenvalue weighted by Gasteiger charge is 2.15. The summed E-state index contributed by atoms with van der Waals surface area (Å²) in [6.45, 7) is 6.22. The zero-order valence-corrected chi connectivity index (χ0v) is 12.0. The largest absolute Gasteiger partial charge is 0.271 e. The summed E-state index contributed by atoms with van der Waals surface area (Å²) < 4.78 is 0. The van der Waals surface area contributed by atoms with Crippen LogP contribution in [-0.2, 0) is 0 Å². The van der Waals surface area contributed by atoms with Gasteiger partial charge in [-0.05, 0) is 57.1 Å². The van der Waals surface area contributed by atoms with Crippen LogP contribution in [0.5, 0.6) is 0 Å². The summed E-state index contributed by atoms with van der Waals surface area (Å²) >= 11 is 0. The smallest absolute Gasteiger partial charge is 0.267 e. The third-order valence-corrected chi connectivity index (χ3v) is 3.69. The highest BCUT2D eigenvalue weighted by molar-refractivity contribution is 5.96. The molecule has 1 atom stereocenters. The third kappa shape index (κ3) is 3.66. The molecule has 1 aromatic carbocycles. The maximum Gasteiger partial charge on any atom is 0.271 e. The molecule has 1 saturated carbocycles. The van der Waals surface area contributed by atoms with Gasteiger partial charge in [-0.1, -0.05) is 24.6 Å². The monoisotopic (exact) mass is 258 g/mol. The number of benzene rings is 1. The molecule has 0 spiro atoms. The van der Waals surface area contributed by atoms with E-state index < -0.39 is 0 Å². The second-order valence-corrected chi connectivity index (χ2v) is 5.64. The van der Waals surface area contributed by atoms with Crippen molar-refractivity contribution < 1.29 is 4.79 Å². The average molecular weight is 258 g/mol. The summed E-state index contributed by atoms with van der Waals surface area (Å²) in [7, 11) is 0. The van der Waals surface area contributed by atoms with Gasteiger partial charge in [0.1, 0.15) is 0 Å². The molecule has 0 aliphatic heterocycles. The molecule has 0 saturated heterocycles. The number of rotatable bonds is 2. The minimum absolute atomic E-state index is 0.108. The van der Waals surface area contributed by atoms with Crippen LogP contribution in [0, 0.1) is 19.8 Å². The van der Waals surface area contributed by atoms with Gasteiger partial charge in [-0.3, -0.25) is 4.79 Å². The summed E-state index contributed by atoms with van der Waals surface area (Å²) in [5.74, 6) is 0.578. The highest BCUT2D eigenvalue weighted by atomic mass is 16.2. The molecule has 1 fully saturated rings. The number of nitrogens with one attached hydrogen (secondary N) is 1. The van der Waals surface area contributed by atoms with Crippen molar-refractivity contribution in [3.8, 4) is 0 Å². The van der Waals surface area contributed by atoms with Gasteiger partial charge in [-0.15, -0.1) is 0 Å². The fraction of sp³-hybridized carbons (Fsp3) is 0.500. The lowest BCUT2D eigenvalue weighted by molar-refractivity contribution is 0.0954. The Balaban J connectivity index is 2.03. The van der Waals surface area contributed by atoms with Crippen molar-refractivity contribution in [2.24, 2.45) is 11.0 Å². The number of aryl methyl sites for hydroxylation is 2. The molecule has 19 heavy (non-hydrogen) atoms. The molecule has 1 N–H and O–H groups in total. The number of carbonyl (C=O) groups excluding carboxylic acids is 1. The van der Waals surface area contributed by atoms with E-state index in [1.807, 2.05) is 32.0 Å². The molecule has 0 heterocycles. The van der Waals surface area contributed by atoms with Crippen LogP contribution in [0.4, 0.5) is 0 Å². The lowest BCUT2D eigenvalue weighted by Crippen LogP contribution is -2.22. The van der Waals surface area contributed by atoms with Gasteiger partial charge < -0.3 is 0 Å². The number of hydrazone groups is 1. The molecule has 3 heteroatoms. The van der Waals surface area contributed by atoms with Gasteiger partial charge in [-0.2, -0.15) is 5.10 Å². The molecule has 0 aromatic heterocycles. The normalized spacial score (nSPS) is 21.4. The quantitative estimate of drug-likeness (QED) is 0.809. The fourth-order valence-electron chi connectivity index (χ4n) is 2.62. The van der Waals surface area contributed by atoms with Gasteiger partial charge in [0.05, 0.1) is 0 Å². The summed E-state index contributed by atoms with van der Waals surface area (Å²) in [4.78, 5) is 12.1. The lowest BCUT2D eigenvalue weighted by atomic mass is 9.89. The topological polar surface area (TPSA) is 41.5 Å². The minimum Gasteiger partial charge on any atom is -0.267 e. The van der Waals surface area contributed by atoms with Gasteiger partial charge in [0.15, 0.2) is 0 Å². The molecule has 3 nitrogen and oxygen atoms in total. The molecule has 1 amide bonds. The van der Waals surface area contributed by atoms with E-state index in [-0.39, 0.29) is 5.91 Å². The van der Waals surface area contributed by atoms with E-state index in [0.29, 0.717) is 11.5 Å². The van der Waals surface area contributed by atoms with Crippen molar-refractivity contribution in [3.63, 3.8) is 0 Å². The van der Waals surface area contributed by atoms with E-state index in [1.54, 1.807) is 0 Å². The van der Waals surface area contributed by atoms with Crippen molar-refractivity contribution in [3.05, 3.63) is 34.9 Å². The van der Waals surface area contributed by atoms with Gasteiger partial charge in [-0.25, -0.2) is 5.43 Å². The zero-order valence-electron chi connectivity index (χ0n) is 12.0. The first-order valence-corrected chi connectivity index (χ1v) is 6.99. The predicted molar refractivity (Wildman–Crippen MR) is 78.4 cm³/mol. The van der Waals surface area contributed by atoms with Crippen LogP contribution in [-0.4, -0.2) is 11.6 Å². The molecule has 1 unspecified atom stereocenters. The van der Waals surface area contributed by atoms with Gasteiger partial charge in [0.2, 0.25) is 0 Å². The fourth-order valence-corrected chi connectivity index (χ4v) is 2.62. The molecule has 0 bridgehead atoms. The van der Waals surface area contributed by atoms with Crippen LogP contribution in [0.2, 0.25) is 0 Å². The van der Waals surface area contributed by atoms with Crippen LogP contribution in [0.15, 0.2) is 23.3 Å². The van der Waals surface area contributed by atoms with Gasteiger partial charge in [0.25, 0.3) is 5.91 Å².